The normalized spacial score (nSPS) is 26.5. The van der Waals surface area contributed by atoms with E-state index in [-0.39, 0.29) is 11.9 Å². The molecule has 1 atom stereocenters. The fourth-order valence-electron chi connectivity index (χ4n) is 1.13. The zero-order valence-electron chi connectivity index (χ0n) is 6.96. The lowest BCUT2D eigenvalue weighted by molar-refractivity contribution is -0.124. The van der Waals surface area contributed by atoms with Crippen LogP contribution in [0, 0.1) is 0 Å². The summed E-state index contributed by atoms with van der Waals surface area (Å²) in [6, 6.07) is 0.0822. The summed E-state index contributed by atoms with van der Waals surface area (Å²) < 4.78 is 0. The first-order valence-corrected chi connectivity index (χ1v) is 4.90. The highest BCUT2D eigenvalue weighted by molar-refractivity contribution is 7.99. The van der Waals surface area contributed by atoms with Crippen LogP contribution >= 0.6 is 11.8 Å². The molecule has 1 unspecified atom stereocenters. The van der Waals surface area contributed by atoms with Crippen molar-refractivity contribution in [2.24, 2.45) is 0 Å². The van der Waals surface area contributed by atoms with E-state index in [1.54, 1.807) is 7.05 Å². The molecular weight excluding hydrogens is 160 g/mol. The van der Waals surface area contributed by atoms with Crippen LogP contribution in [0.1, 0.15) is 0 Å². The molecular formula is C7H14N2OS. The van der Waals surface area contributed by atoms with Crippen molar-refractivity contribution in [1.29, 1.82) is 0 Å². The highest BCUT2D eigenvalue weighted by atomic mass is 32.2. The Morgan fingerprint density at radius 3 is 3.00 bits per heavy atom. The minimum atomic E-state index is 0.0822. The third kappa shape index (κ3) is 2.10. The van der Waals surface area contributed by atoms with Crippen LogP contribution in [0.2, 0.25) is 0 Å². The molecule has 0 aliphatic carbocycles. The monoisotopic (exact) mass is 174 g/mol. The van der Waals surface area contributed by atoms with Gasteiger partial charge in [-0.15, -0.1) is 0 Å². The topological polar surface area (TPSA) is 32.3 Å². The quantitative estimate of drug-likeness (QED) is 0.596. The molecule has 0 radical (unpaired) electrons. The predicted molar refractivity (Wildman–Crippen MR) is 47.8 cm³/mol. The number of likely N-dealkylation sites (N-methyl/N-ethyl adjacent to an activating group) is 2. The number of thioether (sulfide) groups is 1. The molecule has 4 heteroatoms. The van der Waals surface area contributed by atoms with Crippen molar-refractivity contribution in [2.75, 3.05) is 32.1 Å². The van der Waals surface area contributed by atoms with Crippen LogP contribution in [-0.2, 0) is 4.79 Å². The molecule has 0 aromatic rings. The molecule has 3 nitrogen and oxygen atoms in total. The van der Waals surface area contributed by atoms with Crippen molar-refractivity contribution >= 4 is 17.7 Å². The number of hydrogen-bond donors (Lipinski definition) is 1. The molecule has 1 saturated heterocycles. The van der Waals surface area contributed by atoms with E-state index < -0.39 is 0 Å². The maximum Gasteiger partial charge on any atom is 0.237 e. The Hall–Kier alpha value is -0.220. The van der Waals surface area contributed by atoms with Gasteiger partial charge in [-0.1, -0.05) is 0 Å². The number of carbonyl (C=O) groups is 1. The summed E-state index contributed by atoms with van der Waals surface area (Å²) in [6.45, 7) is 1.02. The standard InChI is InChI=1S/C7H14N2OS/c1-8-7(10)6-5-11-4-3-9(6)2/h6H,3-5H2,1-2H3,(H,8,10). The second kappa shape index (κ2) is 3.97. The maximum absolute atomic E-state index is 11.2. The molecule has 64 valence electrons. The van der Waals surface area contributed by atoms with E-state index in [4.69, 9.17) is 0 Å². The number of rotatable bonds is 1. The molecule has 11 heavy (non-hydrogen) atoms. The van der Waals surface area contributed by atoms with Crippen molar-refractivity contribution in [3.05, 3.63) is 0 Å². The van der Waals surface area contributed by atoms with E-state index in [0.717, 1.165) is 18.1 Å². The van der Waals surface area contributed by atoms with E-state index in [2.05, 4.69) is 10.2 Å². The smallest absolute Gasteiger partial charge is 0.237 e. The Kier molecular flexibility index (Phi) is 3.20. The summed E-state index contributed by atoms with van der Waals surface area (Å²) in [5.41, 5.74) is 0. The van der Waals surface area contributed by atoms with Gasteiger partial charge in [-0.25, -0.2) is 0 Å². The van der Waals surface area contributed by atoms with Crippen molar-refractivity contribution in [2.45, 2.75) is 6.04 Å². The van der Waals surface area contributed by atoms with Crippen molar-refractivity contribution in [1.82, 2.24) is 10.2 Å². The number of nitrogens with one attached hydrogen (secondary N) is 1. The lowest BCUT2D eigenvalue weighted by atomic mass is 10.3. The second-order valence-electron chi connectivity index (χ2n) is 2.69. The van der Waals surface area contributed by atoms with Crippen molar-refractivity contribution < 1.29 is 4.79 Å². The average molecular weight is 174 g/mol. The Morgan fingerprint density at radius 2 is 2.45 bits per heavy atom. The Bertz CT molecular complexity index is 151. The first-order chi connectivity index (χ1) is 5.25. The van der Waals surface area contributed by atoms with Gasteiger partial charge in [0, 0.05) is 25.1 Å². The van der Waals surface area contributed by atoms with Gasteiger partial charge in [0.05, 0.1) is 6.04 Å². The third-order valence-electron chi connectivity index (χ3n) is 1.95. The molecule has 0 aromatic carbocycles. The molecule has 1 heterocycles. The van der Waals surface area contributed by atoms with Gasteiger partial charge in [-0.2, -0.15) is 11.8 Å². The van der Waals surface area contributed by atoms with Crippen LogP contribution < -0.4 is 5.32 Å². The van der Waals surface area contributed by atoms with E-state index in [0.29, 0.717) is 0 Å². The van der Waals surface area contributed by atoms with Gasteiger partial charge in [-0.3, -0.25) is 9.69 Å². The molecule has 1 amide bonds. The number of carbonyl (C=O) groups excluding carboxylic acids is 1. The molecule has 0 bridgehead atoms. The molecule has 0 spiro atoms. The molecule has 0 saturated carbocycles. The molecule has 1 N–H and O–H groups in total. The van der Waals surface area contributed by atoms with Crippen LogP contribution in [-0.4, -0.2) is 49.0 Å². The van der Waals surface area contributed by atoms with Gasteiger partial charge < -0.3 is 5.32 Å². The predicted octanol–water partition coefficient (Wildman–Crippen LogP) is -0.220. The number of hydrogen-bond acceptors (Lipinski definition) is 3. The summed E-state index contributed by atoms with van der Waals surface area (Å²) >= 11 is 1.85. The summed E-state index contributed by atoms with van der Waals surface area (Å²) in [5, 5.41) is 2.67. The molecule has 1 fully saturated rings. The van der Waals surface area contributed by atoms with E-state index in [1.807, 2.05) is 18.8 Å². The van der Waals surface area contributed by atoms with Crippen LogP contribution in [0.15, 0.2) is 0 Å². The van der Waals surface area contributed by atoms with Crippen LogP contribution in [0.25, 0.3) is 0 Å². The molecule has 1 aliphatic rings. The number of amides is 1. The van der Waals surface area contributed by atoms with Crippen molar-refractivity contribution in [3.63, 3.8) is 0 Å². The first kappa shape index (κ1) is 8.87. The van der Waals surface area contributed by atoms with Crippen LogP contribution in [0.5, 0.6) is 0 Å². The third-order valence-corrected chi connectivity index (χ3v) is 2.97. The second-order valence-corrected chi connectivity index (χ2v) is 3.84. The number of nitrogens with zero attached hydrogens (tertiary/aromatic N) is 1. The van der Waals surface area contributed by atoms with Gasteiger partial charge in [0.2, 0.25) is 5.91 Å². The molecule has 1 rings (SSSR count). The van der Waals surface area contributed by atoms with E-state index >= 15 is 0 Å². The van der Waals surface area contributed by atoms with E-state index in [9.17, 15) is 4.79 Å². The van der Waals surface area contributed by atoms with Gasteiger partial charge in [0.25, 0.3) is 0 Å². The minimum Gasteiger partial charge on any atom is -0.358 e. The summed E-state index contributed by atoms with van der Waals surface area (Å²) in [5.74, 6) is 2.21. The SMILES string of the molecule is CNC(=O)C1CSCCN1C. The van der Waals surface area contributed by atoms with Crippen LogP contribution in [0.4, 0.5) is 0 Å². The summed E-state index contributed by atoms with van der Waals surface area (Å²) in [4.78, 5) is 13.3. The highest BCUT2D eigenvalue weighted by Crippen LogP contribution is 2.14. The van der Waals surface area contributed by atoms with E-state index in [1.165, 1.54) is 0 Å². The Balaban J connectivity index is 2.47. The summed E-state index contributed by atoms with van der Waals surface area (Å²) in [6.07, 6.45) is 0. The van der Waals surface area contributed by atoms with Gasteiger partial charge in [-0.05, 0) is 7.05 Å². The fraction of sp³-hybridized carbons (Fsp3) is 0.857. The Morgan fingerprint density at radius 1 is 1.73 bits per heavy atom. The minimum absolute atomic E-state index is 0.0822. The zero-order valence-corrected chi connectivity index (χ0v) is 7.78. The maximum atomic E-state index is 11.2. The van der Waals surface area contributed by atoms with Gasteiger partial charge >= 0.3 is 0 Å². The Labute approximate surface area is 71.5 Å². The van der Waals surface area contributed by atoms with Crippen LogP contribution in [0.3, 0.4) is 0 Å². The largest absolute Gasteiger partial charge is 0.358 e. The fourth-order valence-corrected chi connectivity index (χ4v) is 2.34. The van der Waals surface area contributed by atoms with Gasteiger partial charge in [0.15, 0.2) is 0 Å². The highest BCUT2D eigenvalue weighted by Gasteiger charge is 2.24. The lowest BCUT2D eigenvalue weighted by Crippen LogP contribution is -2.48. The average Bonchev–Trinajstić information content (AvgIpc) is 2.04. The molecule has 1 aliphatic heterocycles. The molecule has 0 aromatic heterocycles. The van der Waals surface area contributed by atoms with Crippen molar-refractivity contribution in [3.8, 4) is 0 Å². The first-order valence-electron chi connectivity index (χ1n) is 3.75. The lowest BCUT2D eigenvalue weighted by Gasteiger charge is -2.30. The zero-order chi connectivity index (χ0) is 8.27. The van der Waals surface area contributed by atoms with Gasteiger partial charge in [0.1, 0.15) is 0 Å². The summed E-state index contributed by atoms with van der Waals surface area (Å²) in [7, 11) is 3.69.